The van der Waals surface area contributed by atoms with E-state index in [0.29, 0.717) is 34.6 Å². The molecule has 0 radical (unpaired) electrons. The minimum Gasteiger partial charge on any atom is -0.507 e. The summed E-state index contributed by atoms with van der Waals surface area (Å²) in [6, 6.07) is 13.7. The fraction of sp³-hybridized carbons (Fsp3) is 0.167. The number of aliphatic hydroxyl groups excluding tert-OH is 1. The summed E-state index contributed by atoms with van der Waals surface area (Å²) in [6.45, 7) is 2.18. The van der Waals surface area contributed by atoms with E-state index < -0.39 is 17.7 Å². The predicted molar refractivity (Wildman–Crippen MR) is 119 cm³/mol. The van der Waals surface area contributed by atoms with Gasteiger partial charge in [0.05, 0.1) is 30.6 Å². The van der Waals surface area contributed by atoms with Gasteiger partial charge in [0.2, 0.25) is 0 Å². The number of carbonyl (C=O) groups excluding carboxylic acids is 2. The first kappa shape index (κ1) is 21.5. The molecule has 0 bridgehead atoms. The summed E-state index contributed by atoms with van der Waals surface area (Å²) >= 11 is 6.15. The zero-order valence-electron chi connectivity index (χ0n) is 17.4. The molecule has 2 heterocycles. The number of ether oxygens (including phenoxy) is 2. The third-order valence-corrected chi connectivity index (χ3v) is 5.41. The SMILES string of the molecule is CCOc1cc(/C(O)=C2/C(=O)C(=O)N(c3cccc(OC)c3)C2c2ccco2)ccc1Cl. The number of benzene rings is 2. The molecule has 0 saturated carbocycles. The summed E-state index contributed by atoms with van der Waals surface area (Å²) in [7, 11) is 1.51. The van der Waals surface area contributed by atoms with Crippen LogP contribution in [-0.2, 0) is 9.59 Å². The van der Waals surface area contributed by atoms with Crippen LogP contribution >= 0.6 is 11.6 Å². The molecule has 0 aliphatic carbocycles. The standard InChI is InChI=1S/C24H20ClNO6/c1-3-31-19-12-14(9-10-17(19)25)22(27)20-21(18-8-5-11-32-18)26(24(29)23(20)28)15-6-4-7-16(13-15)30-2/h4-13,21,27H,3H2,1-2H3/b22-20-. The predicted octanol–water partition coefficient (Wildman–Crippen LogP) is 4.97. The number of anilines is 1. The van der Waals surface area contributed by atoms with Crippen molar-refractivity contribution in [3.63, 3.8) is 0 Å². The monoisotopic (exact) mass is 453 g/mol. The number of aliphatic hydroxyl groups is 1. The molecule has 1 atom stereocenters. The topological polar surface area (TPSA) is 89.2 Å². The van der Waals surface area contributed by atoms with E-state index in [4.69, 9.17) is 25.5 Å². The van der Waals surface area contributed by atoms with Gasteiger partial charge in [0.1, 0.15) is 29.1 Å². The van der Waals surface area contributed by atoms with Gasteiger partial charge in [-0.3, -0.25) is 14.5 Å². The van der Waals surface area contributed by atoms with Crippen molar-refractivity contribution in [1.82, 2.24) is 0 Å². The molecule has 1 aliphatic heterocycles. The summed E-state index contributed by atoms with van der Waals surface area (Å²) in [6.07, 6.45) is 1.44. The second-order valence-electron chi connectivity index (χ2n) is 6.96. The molecule has 7 nitrogen and oxygen atoms in total. The number of rotatable bonds is 6. The van der Waals surface area contributed by atoms with Crippen LogP contribution in [0.2, 0.25) is 5.02 Å². The van der Waals surface area contributed by atoms with Crippen LogP contribution in [0.5, 0.6) is 11.5 Å². The maximum atomic E-state index is 13.1. The Balaban J connectivity index is 1.90. The van der Waals surface area contributed by atoms with Gasteiger partial charge < -0.3 is 19.0 Å². The van der Waals surface area contributed by atoms with Gasteiger partial charge in [0, 0.05) is 17.3 Å². The lowest BCUT2D eigenvalue weighted by atomic mass is 9.99. The lowest BCUT2D eigenvalue weighted by Gasteiger charge is -2.23. The zero-order chi connectivity index (χ0) is 22.8. The highest BCUT2D eigenvalue weighted by Gasteiger charge is 2.48. The molecular formula is C24H20ClNO6. The number of methoxy groups -OCH3 is 1. The molecule has 1 aliphatic rings. The Morgan fingerprint density at radius 3 is 2.66 bits per heavy atom. The van der Waals surface area contributed by atoms with Crippen LogP contribution in [-0.4, -0.2) is 30.5 Å². The molecule has 1 aromatic heterocycles. The van der Waals surface area contributed by atoms with E-state index in [1.807, 2.05) is 0 Å². The van der Waals surface area contributed by atoms with E-state index in [9.17, 15) is 14.7 Å². The van der Waals surface area contributed by atoms with E-state index in [0.717, 1.165) is 0 Å². The average molecular weight is 454 g/mol. The van der Waals surface area contributed by atoms with Crippen molar-refractivity contribution < 1.29 is 28.6 Å². The van der Waals surface area contributed by atoms with Crippen molar-refractivity contribution in [1.29, 1.82) is 0 Å². The Morgan fingerprint density at radius 1 is 1.16 bits per heavy atom. The number of carbonyl (C=O) groups is 2. The second-order valence-corrected chi connectivity index (χ2v) is 7.37. The fourth-order valence-electron chi connectivity index (χ4n) is 3.65. The van der Waals surface area contributed by atoms with Gasteiger partial charge in [-0.1, -0.05) is 17.7 Å². The smallest absolute Gasteiger partial charge is 0.300 e. The van der Waals surface area contributed by atoms with Crippen LogP contribution in [0.3, 0.4) is 0 Å². The molecule has 4 rings (SSSR count). The van der Waals surface area contributed by atoms with Crippen LogP contribution in [0.25, 0.3) is 5.76 Å². The minimum atomic E-state index is -0.969. The van der Waals surface area contributed by atoms with Gasteiger partial charge in [0.15, 0.2) is 0 Å². The number of halogens is 1. The normalized spacial score (nSPS) is 17.6. The Hall–Kier alpha value is -3.71. The Labute approximate surface area is 189 Å². The number of ketones is 1. The number of Topliss-reactive ketones (excluding diaryl/α,β-unsaturated/α-hetero) is 1. The highest BCUT2D eigenvalue weighted by atomic mass is 35.5. The summed E-state index contributed by atoms with van der Waals surface area (Å²) in [4.78, 5) is 27.5. The zero-order valence-corrected chi connectivity index (χ0v) is 18.1. The molecule has 3 aromatic rings. The van der Waals surface area contributed by atoms with Gasteiger partial charge in [-0.15, -0.1) is 0 Å². The number of nitrogens with zero attached hydrogens (tertiary/aromatic N) is 1. The lowest BCUT2D eigenvalue weighted by Crippen LogP contribution is -2.29. The van der Waals surface area contributed by atoms with Crippen molar-refractivity contribution >= 4 is 34.7 Å². The average Bonchev–Trinajstić information content (AvgIpc) is 3.42. The van der Waals surface area contributed by atoms with Gasteiger partial charge >= 0.3 is 0 Å². The second kappa shape index (κ2) is 8.80. The maximum absolute atomic E-state index is 13.1. The third-order valence-electron chi connectivity index (χ3n) is 5.09. The lowest BCUT2D eigenvalue weighted by molar-refractivity contribution is -0.132. The van der Waals surface area contributed by atoms with Crippen molar-refractivity contribution in [2.75, 3.05) is 18.6 Å². The van der Waals surface area contributed by atoms with Crippen LogP contribution in [0.15, 0.2) is 70.9 Å². The summed E-state index contributed by atoms with van der Waals surface area (Å²) < 4.78 is 16.3. The maximum Gasteiger partial charge on any atom is 0.300 e. The minimum absolute atomic E-state index is 0.0995. The highest BCUT2D eigenvalue weighted by molar-refractivity contribution is 6.51. The highest BCUT2D eigenvalue weighted by Crippen LogP contribution is 2.43. The molecule has 0 spiro atoms. The first-order valence-electron chi connectivity index (χ1n) is 9.87. The Bertz CT molecular complexity index is 1200. The molecule has 1 saturated heterocycles. The van der Waals surface area contributed by atoms with Gasteiger partial charge in [-0.25, -0.2) is 0 Å². The molecule has 1 N–H and O–H groups in total. The van der Waals surface area contributed by atoms with Crippen LogP contribution < -0.4 is 14.4 Å². The number of hydrogen-bond acceptors (Lipinski definition) is 6. The quantitative estimate of drug-likeness (QED) is 0.322. The van der Waals surface area contributed by atoms with Gasteiger partial charge in [0.25, 0.3) is 11.7 Å². The number of hydrogen-bond donors (Lipinski definition) is 1. The number of amides is 1. The van der Waals surface area contributed by atoms with E-state index in [1.165, 1.54) is 24.3 Å². The van der Waals surface area contributed by atoms with E-state index in [1.54, 1.807) is 55.5 Å². The van der Waals surface area contributed by atoms with Gasteiger partial charge in [-0.2, -0.15) is 0 Å². The van der Waals surface area contributed by atoms with Crippen molar-refractivity contribution in [3.05, 3.63) is 82.8 Å². The van der Waals surface area contributed by atoms with E-state index in [2.05, 4.69) is 0 Å². The largest absolute Gasteiger partial charge is 0.507 e. The van der Waals surface area contributed by atoms with Crippen LogP contribution in [0.4, 0.5) is 5.69 Å². The van der Waals surface area contributed by atoms with E-state index >= 15 is 0 Å². The molecule has 32 heavy (non-hydrogen) atoms. The first-order chi connectivity index (χ1) is 15.5. The molecular weight excluding hydrogens is 434 g/mol. The molecule has 164 valence electrons. The van der Waals surface area contributed by atoms with Crippen molar-refractivity contribution in [2.45, 2.75) is 13.0 Å². The molecule has 8 heteroatoms. The van der Waals surface area contributed by atoms with Gasteiger partial charge in [-0.05, 0) is 49.4 Å². The first-order valence-corrected chi connectivity index (χ1v) is 10.2. The Kier molecular flexibility index (Phi) is 5.92. The summed E-state index contributed by atoms with van der Waals surface area (Å²) in [5.41, 5.74) is 0.619. The van der Waals surface area contributed by atoms with Crippen molar-refractivity contribution in [3.8, 4) is 11.5 Å². The van der Waals surface area contributed by atoms with Crippen LogP contribution in [0, 0.1) is 0 Å². The molecule has 2 aromatic carbocycles. The Morgan fingerprint density at radius 2 is 1.97 bits per heavy atom. The van der Waals surface area contributed by atoms with E-state index in [-0.39, 0.29) is 16.9 Å². The summed E-state index contributed by atoms with van der Waals surface area (Å²) in [5.74, 6) is -0.781. The third kappa shape index (κ3) is 3.71. The van der Waals surface area contributed by atoms with Crippen LogP contribution in [0.1, 0.15) is 24.3 Å². The molecule has 1 amide bonds. The summed E-state index contributed by atoms with van der Waals surface area (Å²) in [5, 5.41) is 11.5. The molecule has 1 unspecified atom stereocenters. The molecule has 1 fully saturated rings. The number of furan rings is 1. The fourth-order valence-corrected chi connectivity index (χ4v) is 3.82. The van der Waals surface area contributed by atoms with Crippen molar-refractivity contribution in [2.24, 2.45) is 0 Å².